The van der Waals surface area contributed by atoms with Crippen LogP contribution in [0.25, 0.3) is 0 Å². The first-order valence-corrected chi connectivity index (χ1v) is 7.41. The predicted molar refractivity (Wildman–Crippen MR) is 86.8 cm³/mol. The molecule has 3 heteroatoms. The minimum Gasteiger partial charge on any atom is -0.507 e. The Hall–Kier alpha value is -1.77. The lowest BCUT2D eigenvalue weighted by Crippen LogP contribution is -2.18. The van der Waals surface area contributed by atoms with Crippen LogP contribution in [0.5, 0.6) is 5.75 Å². The Labute approximate surface area is 127 Å². The zero-order valence-electron chi connectivity index (χ0n) is 13.9. The lowest BCUT2D eigenvalue weighted by atomic mass is 9.79. The second-order valence-electron chi connectivity index (χ2n) is 7.77. The maximum absolute atomic E-state index is 10.7. The summed E-state index contributed by atoms with van der Waals surface area (Å²) in [4.78, 5) is 4.07. The fourth-order valence-electron chi connectivity index (χ4n) is 2.40. The van der Waals surface area contributed by atoms with Crippen molar-refractivity contribution in [2.75, 3.05) is 0 Å². The quantitative estimate of drug-likeness (QED) is 0.897. The Kier molecular flexibility index (Phi) is 3.87. The van der Waals surface area contributed by atoms with Crippen LogP contribution in [0.2, 0.25) is 0 Å². The molecule has 0 saturated heterocycles. The fourth-order valence-corrected chi connectivity index (χ4v) is 2.40. The highest BCUT2D eigenvalue weighted by atomic mass is 16.3. The van der Waals surface area contributed by atoms with Gasteiger partial charge in [0.2, 0.25) is 0 Å². The van der Waals surface area contributed by atoms with Gasteiger partial charge in [-0.1, -0.05) is 47.6 Å². The first-order valence-electron chi connectivity index (χ1n) is 7.41. The van der Waals surface area contributed by atoms with Crippen LogP contribution in [0.4, 0.5) is 0 Å². The first kappa shape index (κ1) is 15.6. The van der Waals surface area contributed by atoms with E-state index in [2.05, 4.69) is 58.7 Å². The Morgan fingerprint density at radius 2 is 1.71 bits per heavy atom. The van der Waals surface area contributed by atoms with Crippen molar-refractivity contribution in [3.63, 3.8) is 0 Å². The summed E-state index contributed by atoms with van der Waals surface area (Å²) in [6, 6.07) is 4.26. The summed E-state index contributed by atoms with van der Waals surface area (Å²) >= 11 is 0. The highest BCUT2D eigenvalue weighted by Gasteiger charge is 2.24. The molecule has 1 heterocycles. The van der Waals surface area contributed by atoms with Gasteiger partial charge in [-0.3, -0.25) is 0 Å². The van der Waals surface area contributed by atoms with Crippen LogP contribution in [0.3, 0.4) is 0 Å². The van der Waals surface area contributed by atoms with Crippen LogP contribution < -0.4 is 0 Å². The number of benzene rings is 1. The van der Waals surface area contributed by atoms with Crippen molar-refractivity contribution in [1.82, 2.24) is 9.55 Å². The molecule has 1 aromatic heterocycles. The van der Waals surface area contributed by atoms with Crippen molar-refractivity contribution in [3.05, 3.63) is 47.5 Å². The molecule has 0 fully saturated rings. The molecule has 0 amide bonds. The van der Waals surface area contributed by atoms with Gasteiger partial charge in [0, 0.05) is 18.0 Å². The van der Waals surface area contributed by atoms with E-state index >= 15 is 0 Å². The van der Waals surface area contributed by atoms with E-state index in [1.807, 2.05) is 10.8 Å². The number of phenols is 1. The molecule has 2 aromatic rings. The van der Waals surface area contributed by atoms with E-state index in [0.29, 0.717) is 12.3 Å². The van der Waals surface area contributed by atoms with Gasteiger partial charge in [-0.15, -0.1) is 0 Å². The van der Waals surface area contributed by atoms with Crippen LogP contribution in [0.15, 0.2) is 30.9 Å². The van der Waals surface area contributed by atoms with Gasteiger partial charge in [0.25, 0.3) is 0 Å². The number of nitrogens with zero attached hydrogens (tertiary/aromatic N) is 2. The zero-order chi connectivity index (χ0) is 15.8. The third-order valence-corrected chi connectivity index (χ3v) is 3.78. The number of hydrogen-bond acceptors (Lipinski definition) is 2. The van der Waals surface area contributed by atoms with Crippen LogP contribution in [0, 0.1) is 0 Å². The van der Waals surface area contributed by atoms with Gasteiger partial charge in [-0.2, -0.15) is 0 Å². The standard InChI is InChI=1S/C18H26N2O/c1-17(2,3)14-9-13(11-20-8-7-19-12-20)16(21)15(10-14)18(4,5)6/h7-10,12,21H,11H2,1-6H3. The summed E-state index contributed by atoms with van der Waals surface area (Å²) in [5.41, 5.74) is 3.17. The summed E-state index contributed by atoms with van der Waals surface area (Å²) in [5.74, 6) is 0.407. The minimum atomic E-state index is -0.0883. The molecule has 0 unspecified atom stereocenters. The van der Waals surface area contributed by atoms with E-state index in [1.54, 1.807) is 12.5 Å². The molecule has 0 aliphatic heterocycles. The van der Waals surface area contributed by atoms with Crippen molar-refractivity contribution < 1.29 is 5.11 Å². The zero-order valence-corrected chi connectivity index (χ0v) is 13.9. The average molecular weight is 286 g/mol. The molecule has 0 spiro atoms. The third kappa shape index (κ3) is 3.46. The topological polar surface area (TPSA) is 38.0 Å². The molecule has 2 rings (SSSR count). The Balaban J connectivity index is 2.57. The van der Waals surface area contributed by atoms with E-state index in [4.69, 9.17) is 0 Å². The molecule has 0 radical (unpaired) electrons. The SMILES string of the molecule is CC(C)(C)c1cc(Cn2ccnc2)c(O)c(C(C)(C)C)c1. The van der Waals surface area contributed by atoms with E-state index < -0.39 is 0 Å². The molecule has 1 aromatic carbocycles. The van der Waals surface area contributed by atoms with Gasteiger partial charge in [0.1, 0.15) is 5.75 Å². The highest BCUT2D eigenvalue weighted by Crippen LogP contribution is 2.37. The molecule has 0 aliphatic rings. The number of hydrogen-bond donors (Lipinski definition) is 1. The fraction of sp³-hybridized carbons (Fsp3) is 0.500. The van der Waals surface area contributed by atoms with Gasteiger partial charge >= 0.3 is 0 Å². The summed E-state index contributed by atoms with van der Waals surface area (Å²) < 4.78 is 1.98. The van der Waals surface area contributed by atoms with Gasteiger partial charge in [0.05, 0.1) is 12.9 Å². The van der Waals surface area contributed by atoms with E-state index in [0.717, 1.165) is 11.1 Å². The van der Waals surface area contributed by atoms with Crippen molar-refractivity contribution >= 4 is 0 Å². The Morgan fingerprint density at radius 1 is 1.05 bits per heavy atom. The molecule has 3 nitrogen and oxygen atoms in total. The highest BCUT2D eigenvalue weighted by molar-refractivity contribution is 5.48. The second kappa shape index (κ2) is 5.21. The lowest BCUT2D eigenvalue weighted by Gasteiger charge is -2.27. The molecule has 0 atom stereocenters. The van der Waals surface area contributed by atoms with Crippen LogP contribution in [-0.2, 0) is 17.4 Å². The number of aromatic hydroxyl groups is 1. The van der Waals surface area contributed by atoms with E-state index in [-0.39, 0.29) is 10.8 Å². The molecule has 21 heavy (non-hydrogen) atoms. The largest absolute Gasteiger partial charge is 0.507 e. The Bertz CT molecular complexity index is 614. The maximum atomic E-state index is 10.7. The maximum Gasteiger partial charge on any atom is 0.124 e. The summed E-state index contributed by atoms with van der Waals surface area (Å²) in [5, 5.41) is 10.7. The van der Waals surface area contributed by atoms with Gasteiger partial charge in [-0.05, 0) is 28.0 Å². The van der Waals surface area contributed by atoms with Crippen LogP contribution >= 0.6 is 0 Å². The lowest BCUT2D eigenvalue weighted by molar-refractivity contribution is 0.436. The smallest absolute Gasteiger partial charge is 0.124 e. The number of phenolic OH excluding ortho intramolecular Hbond substituents is 1. The molecular weight excluding hydrogens is 260 g/mol. The van der Waals surface area contributed by atoms with Crippen molar-refractivity contribution in [1.29, 1.82) is 0 Å². The molecule has 114 valence electrons. The minimum absolute atomic E-state index is 0.0530. The van der Waals surface area contributed by atoms with E-state index in [1.165, 1.54) is 5.56 Å². The molecular formula is C18H26N2O. The molecule has 0 bridgehead atoms. The number of aromatic nitrogens is 2. The average Bonchev–Trinajstić information content (AvgIpc) is 2.81. The number of rotatable bonds is 2. The first-order chi connectivity index (χ1) is 9.59. The molecule has 0 saturated carbocycles. The van der Waals surface area contributed by atoms with Crippen LogP contribution in [0.1, 0.15) is 58.2 Å². The summed E-state index contributed by atoms with van der Waals surface area (Å²) in [6.07, 6.45) is 5.45. The summed E-state index contributed by atoms with van der Waals surface area (Å²) in [7, 11) is 0. The number of imidazole rings is 1. The summed E-state index contributed by atoms with van der Waals surface area (Å²) in [6.45, 7) is 13.6. The predicted octanol–water partition coefficient (Wildman–Crippen LogP) is 4.23. The molecule has 1 N–H and O–H groups in total. The van der Waals surface area contributed by atoms with Gasteiger partial charge in [-0.25, -0.2) is 4.98 Å². The monoisotopic (exact) mass is 286 g/mol. The van der Waals surface area contributed by atoms with Crippen molar-refractivity contribution in [2.45, 2.75) is 58.9 Å². The molecule has 0 aliphatic carbocycles. The van der Waals surface area contributed by atoms with Gasteiger partial charge in [0.15, 0.2) is 0 Å². The third-order valence-electron chi connectivity index (χ3n) is 3.78. The van der Waals surface area contributed by atoms with Crippen LogP contribution in [-0.4, -0.2) is 14.7 Å². The van der Waals surface area contributed by atoms with E-state index in [9.17, 15) is 5.11 Å². The second-order valence-corrected chi connectivity index (χ2v) is 7.77. The Morgan fingerprint density at radius 3 is 2.19 bits per heavy atom. The van der Waals surface area contributed by atoms with Crippen molar-refractivity contribution in [2.24, 2.45) is 0 Å². The van der Waals surface area contributed by atoms with Gasteiger partial charge < -0.3 is 9.67 Å². The normalized spacial score (nSPS) is 12.7. The van der Waals surface area contributed by atoms with Crippen molar-refractivity contribution in [3.8, 4) is 5.75 Å².